The van der Waals surface area contributed by atoms with Gasteiger partial charge in [-0.2, -0.15) is 0 Å². The lowest BCUT2D eigenvalue weighted by Crippen LogP contribution is -2.38. The summed E-state index contributed by atoms with van der Waals surface area (Å²) >= 11 is 0. The van der Waals surface area contributed by atoms with Gasteiger partial charge in [-0.1, -0.05) is 6.07 Å². The minimum Gasteiger partial charge on any atom is -0.375 e. The molecule has 4 atom stereocenters. The van der Waals surface area contributed by atoms with Crippen LogP contribution in [0, 0.1) is 17.6 Å². The Balaban J connectivity index is 1.73. The van der Waals surface area contributed by atoms with Gasteiger partial charge >= 0.3 is 0 Å². The van der Waals surface area contributed by atoms with Crippen LogP contribution in [0.3, 0.4) is 0 Å². The van der Waals surface area contributed by atoms with Crippen molar-refractivity contribution >= 4 is 0 Å². The van der Waals surface area contributed by atoms with Crippen molar-refractivity contribution in [3.05, 3.63) is 35.4 Å². The maximum absolute atomic E-state index is 13.6. The number of nitrogens with two attached hydrogens (primary N) is 1. The molecule has 2 fully saturated rings. The molecule has 2 N–H and O–H groups in total. The summed E-state index contributed by atoms with van der Waals surface area (Å²) in [5.41, 5.74) is 6.23. The lowest BCUT2D eigenvalue weighted by atomic mass is 9.82. The molecule has 0 amide bonds. The Labute approximate surface area is 105 Å². The molecule has 0 saturated carbocycles. The first kappa shape index (κ1) is 12.1. The van der Waals surface area contributed by atoms with Gasteiger partial charge in [0.25, 0.3) is 0 Å². The Kier molecular flexibility index (Phi) is 3.08. The van der Waals surface area contributed by atoms with Crippen molar-refractivity contribution in [3.8, 4) is 0 Å². The predicted octanol–water partition coefficient (Wildman–Crippen LogP) is 2.40. The molecule has 98 valence electrons. The fourth-order valence-corrected chi connectivity index (χ4v) is 3.24. The van der Waals surface area contributed by atoms with Crippen LogP contribution in [0.4, 0.5) is 8.78 Å². The van der Waals surface area contributed by atoms with Crippen LogP contribution in [-0.2, 0) is 11.2 Å². The first-order valence-corrected chi connectivity index (χ1v) is 6.49. The molecule has 0 spiro atoms. The molecule has 2 heterocycles. The van der Waals surface area contributed by atoms with E-state index in [-0.39, 0.29) is 30.0 Å². The minimum absolute atomic E-state index is 0.104. The van der Waals surface area contributed by atoms with E-state index in [2.05, 4.69) is 0 Å². The summed E-state index contributed by atoms with van der Waals surface area (Å²) in [6.45, 7) is 0. The molecule has 2 nitrogen and oxygen atoms in total. The molecule has 2 aliphatic heterocycles. The summed E-state index contributed by atoms with van der Waals surface area (Å²) in [7, 11) is 0. The first-order valence-electron chi connectivity index (χ1n) is 6.49. The lowest BCUT2D eigenvalue weighted by molar-refractivity contribution is 0.0884. The highest BCUT2D eigenvalue weighted by Gasteiger charge is 2.43. The number of hydrogen-bond acceptors (Lipinski definition) is 2. The Morgan fingerprint density at radius 3 is 2.56 bits per heavy atom. The highest BCUT2D eigenvalue weighted by molar-refractivity contribution is 5.21. The van der Waals surface area contributed by atoms with E-state index in [0.29, 0.717) is 6.10 Å². The quantitative estimate of drug-likeness (QED) is 0.897. The number of fused-ring (bicyclic) bond motifs is 2. The van der Waals surface area contributed by atoms with Gasteiger partial charge in [0.05, 0.1) is 12.2 Å². The van der Waals surface area contributed by atoms with Gasteiger partial charge in [0.2, 0.25) is 0 Å². The van der Waals surface area contributed by atoms with Gasteiger partial charge in [-0.15, -0.1) is 0 Å². The second kappa shape index (κ2) is 4.59. The van der Waals surface area contributed by atoms with Crippen molar-refractivity contribution in [1.82, 2.24) is 0 Å². The SMILES string of the molecule is NC(Cc1c(F)cccc1F)C1CC2CCC1O2. The number of hydrogen-bond donors (Lipinski definition) is 1. The molecule has 1 aromatic carbocycles. The highest BCUT2D eigenvalue weighted by Crippen LogP contribution is 2.40. The molecule has 4 unspecified atom stereocenters. The number of halogens is 2. The first-order chi connectivity index (χ1) is 8.65. The van der Waals surface area contributed by atoms with Crippen molar-refractivity contribution in [1.29, 1.82) is 0 Å². The molecule has 0 aromatic heterocycles. The Morgan fingerprint density at radius 1 is 1.28 bits per heavy atom. The zero-order valence-electron chi connectivity index (χ0n) is 10.1. The average molecular weight is 253 g/mol. The Morgan fingerprint density at radius 2 is 2.00 bits per heavy atom. The number of ether oxygens (including phenoxy) is 1. The molecule has 2 saturated heterocycles. The van der Waals surface area contributed by atoms with E-state index < -0.39 is 11.6 Å². The van der Waals surface area contributed by atoms with Crippen molar-refractivity contribution in [2.24, 2.45) is 11.7 Å². The van der Waals surface area contributed by atoms with Crippen LogP contribution in [0.25, 0.3) is 0 Å². The third-order valence-corrected chi connectivity index (χ3v) is 4.20. The second-order valence-electron chi connectivity index (χ2n) is 5.34. The molecule has 4 heteroatoms. The summed E-state index contributed by atoms with van der Waals surface area (Å²) in [5.74, 6) is -0.771. The van der Waals surface area contributed by atoms with E-state index in [0.717, 1.165) is 19.3 Å². The fraction of sp³-hybridized carbons (Fsp3) is 0.571. The summed E-state index contributed by atoms with van der Waals surface area (Å²) in [6.07, 6.45) is 3.82. The number of benzene rings is 1. The van der Waals surface area contributed by atoms with Crippen LogP contribution in [0.1, 0.15) is 24.8 Å². The molecular formula is C14H17F2NO. The zero-order chi connectivity index (χ0) is 12.7. The van der Waals surface area contributed by atoms with E-state index in [1.165, 1.54) is 18.2 Å². The zero-order valence-corrected chi connectivity index (χ0v) is 10.1. The molecule has 1 aromatic rings. The standard InChI is InChI=1S/C14H17F2NO/c15-11-2-1-3-12(16)9(11)7-13(17)10-6-8-4-5-14(10)18-8/h1-3,8,10,13-14H,4-7,17H2. The maximum Gasteiger partial charge on any atom is 0.129 e. The fourth-order valence-electron chi connectivity index (χ4n) is 3.24. The van der Waals surface area contributed by atoms with Crippen LogP contribution in [-0.4, -0.2) is 18.2 Å². The van der Waals surface area contributed by atoms with Gasteiger partial charge in [0.15, 0.2) is 0 Å². The van der Waals surface area contributed by atoms with E-state index in [1.54, 1.807) is 0 Å². The topological polar surface area (TPSA) is 35.2 Å². The van der Waals surface area contributed by atoms with E-state index in [4.69, 9.17) is 10.5 Å². The van der Waals surface area contributed by atoms with E-state index in [9.17, 15) is 8.78 Å². The van der Waals surface area contributed by atoms with Crippen molar-refractivity contribution in [3.63, 3.8) is 0 Å². The summed E-state index contributed by atoms with van der Waals surface area (Å²) < 4.78 is 32.9. The largest absolute Gasteiger partial charge is 0.375 e. The maximum atomic E-state index is 13.6. The summed E-state index contributed by atoms with van der Waals surface area (Å²) in [6, 6.07) is 3.71. The second-order valence-corrected chi connectivity index (χ2v) is 5.34. The van der Waals surface area contributed by atoms with Gasteiger partial charge in [-0.3, -0.25) is 0 Å². The van der Waals surface area contributed by atoms with Crippen molar-refractivity contribution < 1.29 is 13.5 Å². The third-order valence-electron chi connectivity index (χ3n) is 4.20. The highest BCUT2D eigenvalue weighted by atomic mass is 19.1. The van der Waals surface area contributed by atoms with Gasteiger partial charge < -0.3 is 10.5 Å². The molecule has 0 aliphatic carbocycles. The van der Waals surface area contributed by atoms with Crippen molar-refractivity contribution in [2.75, 3.05) is 0 Å². The summed E-state index contributed by atoms with van der Waals surface area (Å²) in [4.78, 5) is 0. The van der Waals surface area contributed by atoms with Gasteiger partial charge in [0, 0.05) is 17.5 Å². The van der Waals surface area contributed by atoms with E-state index >= 15 is 0 Å². The molecule has 2 aliphatic rings. The van der Waals surface area contributed by atoms with E-state index in [1.807, 2.05) is 0 Å². The van der Waals surface area contributed by atoms with Gasteiger partial charge in [-0.25, -0.2) is 8.78 Å². The normalized spacial score (nSPS) is 31.8. The minimum atomic E-state index is -0.505. The van der Waals surface area contributed by atoms with Crippen molar-refractivity contribution in [2.45, 2.75) is 43.9 Å². The van der Waals surface area contributed by atoms with Crippen LogP contribution in [0.2, 0.25) is 0 Å². The summed E-state index contributed by atoms with van der Waals surface area (Å²) in [5, 5.41) is 0. The monoisotopic (exact) mass is 253 g/mol. The van der Waals surface area contributed by atoms with Crippen LogP contribution < -0.4 is 5.73 Å². The molecule has 3 rings (SSSR count). The van der Waals surface area contributed by atoms with Gasteiger partial charge in [-0.05, 0) is 37.8 Å². The smallest absolute Gasteiger partial charge is 0.129 e. The predicted molar refractivity (Wildman–Crippen MR) is 64.0 cm³/mol. The molecule has 2 bridgehead atoms. The van der Waals surface area contributed by atoms with Crippen LogP contribution >= 0.6 is 0 Å². The molecular weight excluding hydrogens is 236 g/mol. The van der Waals surface area contributed by atoms with Crippen LogP contribution in [0.15, 0.2) is 18.2 Å². The Hall–Kier alpha value is -1.00. The number of rotatable bonds is 3. The Bertz CT molecular complexity index is 431. The van der Waals surface area contributed by atoms with Crippen LogP contribution in [0.5, 0.6) is 0 Å². The molecule has 18 heavy (non-hydrogen) atoms. The average Bonchev–Trinajstić information content (AvgIpc) is 2.96. The lowest BCUT2D eigenvalue weighted by Gasteiger charge is -2.25. The molecule has 0 radical (unpaired) electrons. The van der Waals surface area contributed by atoms with Gasteiger partial charge in [0.1, 0.15) is 11.6 Å². The third kappa shape index (κ3) is 2.04.